The summed E-state index contributed by atoms with van der Waals surface area (Å²) in [5, 5.41) is 7.54. The Morgan fingerprint density at radius 2 is 1.93 bits per heavy atom. The first-order valence-corrected chi connectivity index (χ1v) is 9.38. The summed E-state index contributed by atoms with van der Waals surface area (Å²) in [5.41, 5.74) is 5.19. The topological polar surface area (TPSA) is 61.5 Å². The number of rotatable bonds is 3. The van der Waals surface area contributed by atoms with Gasteiger partial charge in [-0.15, -0.1) is 0 Å². The van der Waals surface area contributed by atoms with Crippen molar-refractivity contribution in [3.63, 3.8) is 0 Å². The van der Waals surface area contributed by atoms with Crippen molar-refractivity contribution in [2.75, 3.05) is 20.1 Å². The minimum Gasteiger partial charge on any atom is -0.308 e. The van der Waals surface area contributed by atoms with Gasteiger partial charge in [0.2, 0.25) is 0 Å². The number of pyridine rings is 1. The number of aromatic nitrogens is 2. The molecule has 0 unspecified atom stereocenters. The number of hydrogen-bond donors (Lipinski definition) is 1. The lowest BCUT2D eigenvalue weighted by molar-refractivity contribution is 0.255. The third kappa shape index (κ3) is 3.43. The Morgan fingerprint density at radius 3 is 2.67 bits per heavy atom. The van der Waals surface area contributed by atoms with E-state index in [4.69, 9.17) is 5.41 Å². The molecule has 0 amide bonds. The lowest BCUT2D eigenvalue weighted by atomic mass is 9.91. The SMILES string of the molecule is Cc1ccc(-c2cc(=O)n3cc(C4CCN(C)CC4)ccc3n2)cc1C=N. The molecular weight excluding hydrogens is 336 g/mol. The summed E-state index contributed by atoms with van der Waals surface area (Å²) in [6, 6.07) is 11.5. The van der Waals surface area contributed by atoms with Crippen LogP contribution in [0.3, 0.4) is 0 Å². The van der Waals surface area contributed by atoms with E-state index in [1.807, 2.05) is 37.4 Å². The summed E-state index contributed by atoms with van der Waals surface area (Å²) in [4.78, 5) is 19.8. The van der Waals surface area contributed by atoms with Crippen molar-refractivity contribution in [3.05, 3.63) is 69.6 Å². The maximum atomic E-state index is 12.8. The van der Waals surface area contributed by atoms with Crippen LogP contribution in [0, 0.1) is 12.3 Å². The zero-order chi connectivity index (χ0) is 19.0. The predicted octanol–water partition coefficient (Wildman–Crippen LogP) is 3.48. The summed E-state index contributed by atoms with van der Waals surface area (Å²) < 4.78 is 1.66. The molecule has 0 saturated carbocycles. The molecule has 1 aliphatic heterocycles. The van der Waals surface area contributed by atoms with Crippen LogP contribution in [0.1, 0.15) is 35.4 Å². The molecule has 0 atom stereocenters. The molecule has 1 aliphatic rings. The highest BCUT2D eigenvalue weighted by Crippen LogP contribution is 2.27. The molecule has 3 aromatic rings. The van der Waals surface area contributed by atoms with Crippen molar-refractivity contribution in [1.29, 1.82) is 5.41 Å². The molecule has 3 heterocycles. The number of fused-ring (bicyclic) bond motifs is 1. The Balaban J connectivity index is 1.73. The van der Waals surface area contributed by atoms with Gasteiger partial charge in [-0.3, -0.25) is 9.20 Å². The molecule has 1 N–H and O–H groups in total. The van der Waals surface area contributed by atoms with Crippen LogP contribution in [-0.2, 0) is 0 Å². The number of nitrogens with zero attached hydrogens (tertiary/aromatic N) is 3. The molecule has 5 nitrogen and oxygen atoms in total. The van der Waals surface area contributed by atoms with Gasteiger partial charge in [0.25, 0.3) is 5.56 Å². The third-order valence-electron chi connectivity index (χ3n) is 5.60. The van der Waals surface area contributed by atoms with E-state index in [1.54, 1.807) is 10.5 Å². The number of piperidine rings is 1. The fraction of sp³-hybridized carbons (Fsp3) is 0.318. The quantitative estimate of drug-likeness (QED) is 0.728. The second-order valence-electron chi connectivity index (χ2n) is 7.46. The highest BCUT2D eigenvalue weighted by Gasteiger charge is 2.19. The Bertz CT molecular complexity index is 1060. The van der Waals surface area contributed by atoms with Crippen molar-refractivity contribution >= 4 is 11.9 Å². The molecule has 0 aliphatic carbocycles. The van der Waals surface area contributed by atoms with E-state index in [0.29, 0.717) is 17.3 Å². The third-order valence-corrected chi connectivity index (χ3v) is 5.60. The van der Waals surface area contributed by atoms with Gasteiger partial charge in [-0.25, -0.2) is 4.98 Å². The molecule has 27 heavy (non-hydrogen) atoms. The largest absolute Gasteiger partial charge is 0.308 e. The number of benzene rings is 1. The van der Waals surface area contributed by atoms with Gasteiger partial charge >= 0.3 is 0 Å². The van der Waals surface area contributed by atoms with Crippen LogP contribution in [0.5, 0.6) is 0 Å². The fourth-order valence-electron chi connectivity index (χ4n) is 3.81. The van der Waals surface area contributed by atoms with Gasteiger partial charge in [-0.2, -0.15) is 0 Å². The standard InChI is InChI=1S/C22H24N4O/c1-15-3-4-17(11-19(15)13-23)20-12-22(27)26-14-18(5-6-21(26)24-20)16-7-9-25(2)10-8-16/h3-6,11-14,16,23H,7-10H2,1-2H3. The number of aryl methyl sites for hydroxylation is 1. The fourth-order valence-corrected chi connectivity index (χ4v) is 3.81. The van der Waals surface area contributed by atoms with Crippen LogP contribution in [0.4, 0.5) is 0 Å². The first-order valence-electron chi connectivity index (χ1n) is 9.38. The summed E-state index contributed by atoms with van der Waals surface area (Å²) in [6.07, 6.45) is 5.54. The van der Waals surface area contributed by atoms with Gasteiger partial charge in [-0.05, 0) is 74.6 Å². The zero-order valence-electron chi connectivity index (χ0n) is 15.8. The molecule has 1 saturated heterocycles. The first kappa shape index (κ1) is 17.6. The molecule has 5 heteroatoms. The summed E-state index contributed by atoms with van der Waals surface area (Å²) >= 11 is 0. The van der Waals surface area contributed by atoms with E-state index in [-0.39, 0.29) is 5.56 Å². The molecule has 0 radical (unpaired) electrons. The van der Waals surface area contributed by atoms with E-state index >= 15 is 0 Å². The second kappa shape index (κ2) is 7.08. The van der Waals surface area contributed by atoms with Crippen LogP contribution in [0.2, 0.25) is 0 Å². The lowest BCUT2D eigenvalue weighted by Crippen LogP contribution is -2.29. The number of nitrogens with one attached hydrogen (secondary N) is 1. The first-order chi connectivity index (χ1) is 13.0. The molecule has 0 spiro atoms. The Morgan fingerprint density at radius 1 is 1.15 bits per heavy atom. The molecule has 138 valence electrons. The highest BCUT2D eigenvalue weighted by atomic mass is 16.1. The summed E-state index contributed by atoms with van der Waals surface area (Å²) in [7, 11) is 2.15. The molecule has 0 bridgehead atoms. The van der Waals surface area contributed by atoms with Gasteiger partial charge in [-0.1, -0.05) is 18.2 Å². The maximum absolute atomic E-state index is 12.8. The van der Waals surface area contributed by atoms with Crippen molar-refractivity contribution in [2.45, 2.75) is 25.7 Å². The smallest absolute Gasteiger partial charge is 0.258 e. The van der Waals surface area contributed by atoms with Crippen LogP contribution in [0.25, 0.3) is 16.9 Å². The van der Waals surface area contributed by atoms with E-state index < -0.39 is 0 Å². The number of hydrogen-bond acceptors (Lipinski definition) is 4. The van der Waals surface area contributed by atoms with Crippen molar-refractivity contribution in [2.24, 2.45) is 0 Å². The maximum Gasteiger partial charge on any atom is 0.258 e. The Kier molecular flexibility index (Phi) is 4.62. The Labute approximate surface area is 158 Å². The van der Waals surface area contributed by atoms with Crippen LogP contribution in [-0.4, -0.2) is 40.6 Å². The molecular formula is C22H24N4O. The van der Waals surface area contributed by atoms with Crippen molar-refractivity contribution in [3.8, 4) is 11.3 Å². The van der Waals surface area contributed by atoms with E-state index in [0.717, 1.165) is 42.6 Å². The van der Waals surface area contributed by atoms with E-state index in [1.165, 1.54) is 11.8 Å². The average Bonchev–Trinajstić information content (AvgIpc) is 2.68. The van der Waals surface area contributed by atoms with Gasteiger partial charge in [0.1, 0.15) is 5.65 Å². The summed E-state index contributed by atoms with van der Waals surface area (Å²) in [6.45, 7) is 4.16. The highest BCUT2D eigenvalue weighted by molar-refractivity contribution is 5.82. The van der Waals surface area contributed by atoms with Crippen molar-refractivity contribution < 1.29 is 0 Å². The van der Waals surface area contributed by atoms with Crippen LogP contribution in [0.15, 0.2) is 47.4 Å². The lowest BCUT2D eigenvalue weighted by Gasteiger charge is -2.29. The van der Waals surface area contributed by atoms with Crippen molar-refractivity contribution in [1.82, 2.24) is 14.3 Å². The average molecular weight is 360 g/mol. The van der Waals surface area contributed by atoms with E-state index in [2.05, 4.69) is 23.0 Å². The van der Waals surface area contributed by atoms with Crippen LogP contribution >= 0.6 is 0 Å². The Hall–Kier alpha value is -2.79. The number of likely N-dealkylation sites (tertiary alicyclic amines) is 1. The minimum absolute atomic E-state index is 0.0678. The van der Waals surface area contributed by atoms with Gasteiger partial charge < -0.3 is 10.3 Å². The normalized spacial score (nSPS) is 15.9. The minimum atomic E-state index is -0.0678. The molecule has 2 aromatic heterocycles. The molecule has 1 aromatic carbocycles. The predicted molar refractivity (Wildman–Crippen MR) is 109 cm³/mol. The zero-order valence-corrected chi connectivity index (χ0v) is 15.8. The van der Waals surface area contributed by atoms with E-state index in [9.17, 15) is 4.79 Å². The molecule has 1 fully saturated rings. The molecule has 4 rings (SSSR count). The monoisotopic (exact) mass is 360 g/mol. The van der Waals surface area contributed by atoms with Gasteiger partial charge in [0.15, 0.2) is 0 Å². The van der Waals surface area contributed by atoms with Gasteiger partial charge in [0.05, 0.1) is 5.69 Å². The second-order valence-corrected chi connectivity index (χ2v) is 7.46. The van der Waals surface area contributed by atoms with Gasteiger partial charge in [0, 0.05) is 24.0 Å². The van der Waals surface area contributed by atoms with Crippen LogP contribution < -0.4 is 5.56 Å². The summed E-state index contributed by atoms with van der Waals surface area (Å²) in [5.74, 6) is 0.504.